The van der Waals surface area contributed by atoms with E-state index >= 15 is 0 Å². The Kier molecular flexibility index (Phi) is 4.02. The molecule has 1 saturated carbocycles. The lowest BCUT2D eigenvalue weighted by Crippen LogP contribution is -2.41. The van der Waals surface area contributed by atoms with Gasteiger partial charge in [-0.2, -0.15) is 0 Å². The highest BCUT2D eigenvalue weighted by Crippen LogP contribution is 2.46. The Labute approximate surface area is 108 Å². The molecule has 1 aliphatic rings. The molecule has 0 saturated heterocycles. The van der Waals surface area contributed by atoms with Crippen LogP contribution in [0.4, 0.5) is 0 Å². The van der Waals surface area contributed by atoms with E-state index in [4.69, 9.17) is 5.11 Å². The molecule has 3 nitrogen and oxygen atoms in total. The predicted molar refractivity (Wildman–Crippen MR) is 71.6 cm³/mol. The quantitative estimate of drug-likeness (QED) is 0.812. The lowest BCUT2D eigenvalue weighted by molar-refractivity contribution is -0.140. The van der Waals surface area contributed by atoms with Gasteiger partial charge in [0, 0.05) is 0 Å². The van der Waals surface area contributed by atoms with Crippen LogP contribution in [0.15, 0.2) is 30.3 Å². The monoisotopic (exact) mass is 247 g/mol. The van der Waals surface area contributed by atoms with Crippen molar-refractivity contribution >= 4 is 5.97 Å². The van der Waals surface area contributed by atoms with E-state index in [1.54, 1.807) is 0 Å². The van der Waals surface area contributed by atoms with Crippen LogP contribution in [0, 0.1) is 11.8 Å². The van der Waals surface area contributed by atoms with Crippen molar-refractivity contribution in [3.05, 3.63) is 35.9 Å². The lowest BCUT2D eigenvalue weighted by atomic mass is 10.0. The zero-order valence-electron chi connectivity index (χ0n) is 11.0. The van der Waals surface area contributed by atoms with E-state index in [1.165, 1.54) is 12.0 Å². The van der Waals surface area contributed by atoms with Crippen LogP contribution in [0.1, 0.15) is 31.7 Å². The van der Waals surface area contributed by atoms with Crippen LogP contribution in [0.25, 0.3) is 0 Å². The van der Waals surface area contributed by atoms with Crippen molar-refractivity contribution in [1.82, 2.24) is 5.32 Å². The zero-order valence-corrected chi connectivity index (χ0v) is 11.0. The van der Waals surface area contributed by atoms with Crippen molar-refractivity contribution in [2.45, 2.75) is 32.2 Å². The van der Waals surface area contributed by atoms with Crippen LogP contribution in [-0.2, 0) is 4.79 Å². The SMILES string of the molecule is CC(C)[C@@H](NCC1CC1c1ccccc1)C(=O)O. The maximum absolute atomic E-state index is 11.1. The highest BCUT2D eigenvalue weighted by atomic mass is 16.4. The Morgan fingerprint density at radius 3 is 2.61 bits per heavy atom. The van der Waals surface area contributed by atoms with Gasteiger partial charge in [-0.25, -0.2) is 0 Å². The summed E-state index contributed by atoms with van der Waals surface area (Å²) >= 11 is 0. The van der Waals surface area contributed by atoms with Crippen LogP contribution < -0.4 is 5.32 Å². The van der Waals surface area contributed by atoms with Crippen LogP contribution in [-0.4, -0.2) is 23.7 Å². The van der Waals surface area contributed by atoms with Crippen LogP contribution >= 0.6 is 0 Å². The second-order valence-corrected chi connectivity index (χ2v) is 5.48. The molecular formula is C15H21NO2. The van der Waals surface area contributed by atoms with Crippen LogP contribution in [0.2, 0.25) is 0 Å². The first-order valence-electron chi connectivity index (χ1n) is 6.60. The first kappa shape index (κ1) is 13.1. The summed E-state index contributed by atoms with van der Waals surface area (Å²) in [6, 6.07) is 10.0. The standard InChI is InChI=1S/C15H21NO2/c1-10(2)14(15(17)18)16-9-12-8-13(12)11-6-4-3-5-7-11/h3-7,10,12-14,16H,8-9H2,1-2H3,(H,17,18)/t12?,13?,14-/m1/s1. The molecule has 3 heteroatoms. The lowest BCUT2D eigenvalue weighted by Gasteiger charge is -2.17. The Morgan fingerprint density at radius 2 is 2.06 bits per heavy atom. The number of carboxylic acid groups (broad SMARTS) is 1. The Hall–Kier alpha value is -1.35. The van der Waals surface area contributed by atoms with Crippen LogP contribution in [0.3, 0.4) is 0 Å². The molecule has 2 unspecified atom stereocenters. The van der Waals surface area contributed by atoms with E-state index in [-0.39, 0.29) is 5.92 Å². The average molecular weight is 247 g/mol. The van der Waals surface area contributed by atoms with Crippen molar-refractivity contribution in [2.75, 3.05) is 6.54 Å². The smallest absolute Gasteiger partial charge is 0.320 e. The van der Waals surface area contributed by atoms with Crippen molar-refractivity contribution < 1.29 is 9.90 Å². The van der Waals surface area contributed by atoms with Crippen LogP contribution in [0.5, 0.6) is 0 Å². The first-order valence-corrected chi connectivity index (χ1v) is 6.60. The summed E-state index contributed by atoms with van der Waals surface area (Å²) in [5.74, 6) is 0.576. The molecule has 1 aromatic carbocycles. The summed E-state index contributed by atoms with van der Waals surface area (Å²) in [5.41, 5.74) is 1.38. The van der Waals surface area contributed by atoms with Gasteiger partial charge < -0.3 is 10.4 Å². The molecule has 0 radical (unpaired) electrons. The fourth-order valence-electron chi connectivity index (χ4n) is 2.47. The zero-order chi connectivity index (χ0) is 13.1. The fraction of sp³-hybridized carbons (Fsp3) is 0.533. The molecule has 2 rings (SSSR count). The Morgan fingerprint density at radius 1 is 1.39 bits per heavy atom. The summed E-state index contributed by atoms with van der Waals surface area (Å²) < 4.78 is 0. The van der Waals surface area contributed by atoms with Crippen molar-refractivity contribution in [2.24, 2.45) is 11.8 Å². The molecule has 18 heavy (non-hydrogen) atoms. The molecule has 0 amide bonds. The predicted octanol–water partition coefficient (Wildman–Crippen LogP) is 2.49. The molecule has 0 bridgehead atoms. The second-order valence-electron chi connectivity index (χ2n) is 5.48. The molecule has 0 spiro atoms. The number of carboxylic acids is 1. The van der Waals surface area contributed by atoms with E-state index in [9.17, 15) is 4.79 Å². The maximum atomic E-state index is 11.1. The van der Waals surface area contributed by atoms with E-state index in [0.29, 0.717) is 11.8 Å². The summed E-state index contributed by atoms with van der Waals surface area (Å²) in [4.78, 5) is 11.1. The minimum Gasteiger partial charge on any atom is -0.480 e. The molecule has 2 N–H and O–H groups in total. The molecule has 0 heterocycles. The van der Waals surface area contributed by atoms with E-state index in [0.717, 1.165) is 6.54 Å². The van der Waals surface area contributed by atoms with Gasteiger partial charge in [0.1, 0.15) is 6.04 Å². The van der Waals surface area contributed by atoms with Crippen molar-refractivity contribution in [3.8, 4) is 0 Å². The number of rotatable bonds is 6. The molecule has 3 atom stereocenters. The molecule has 0 aliphatic heterocycles. The highest BCUT2D eigenvalue weighted by Gasteiger charge is 2.38. The average Bonchev–Trinajstić information content (AvgIpc) is 3.09. The summed E-state index contributed by atoms with van der Waals surface area (Å²) in [5, 5.41) is 12.3. The third-order valence-electron chi connectivity index (χ3n) is 3.68. The Balaban J connectivity index is 1.82. The maximum Gasteiger partial charge on any atom is 0.320 e. The van der Waals surface area contributed by atoms with Gasteiger partial charge >= 0.3 is 5.97 Å². The topological polar surface area (TPSA) is 49.3 Å². The molecule has 0 aromatic heterocycles. The fourth-order valence-corrected chi connectivity index (χ4v) is 2.47. The molecule has 1 aromatic rings. The first-order chi connectivity index (χ1) is 8.59. The number of aliphatic carboxylic acids is 1. The minimum absolute atomic E-state index is 0.122. The largest absolute Gasteiger partial charge is 0.480 e. The molecule has 1 fully saturated rings. The molecule has 1 aliphatic carbocycles. The van der Waals surface area contributed by atoms with E-state index < -0.39 is 12.0 Å². The van der Waals surface area contributed by atoms with E-state index in [1.807, 2.05) is 19.9 Å². The van der Waals surface area contributed by atoms with Crippen molar-refractivity contribution in [3.63, 3.8) is 0 Å². The number of hydrogen-bond donors (Lipinski definition) is 2. The van der Waals surface area contributed by atoms with Gasteiger partial charge in [-0.15, -0.1) is 0 Å². The summed E-state index contributed by atoms with van der Waals surface area (Å²) in [6.07, 6.45) is 1.17. The Bertz CT molecular complexity index is 402. The number of carbonyl (C=O) groups is 1. The molecular weight excluding hydrogens is 226 g/mol. The number of benzene rings is 1. The van der Waals surface area contributed by atoms with Gasteiger partial charge in [-0.1, -0.05) is 44.2 Å². The van der Waals surface area contributed by atoms with E-state index in [2.05, 4.69) is 29.6 Å². The van der Waals surface area contributed by atoms with Gasteiger partial charge in [-0.3, -0.25) is 4.79 Å². The van der Waals surface area contributed by atoms with Gasteiger partial charge in [0.15, 0.2) is 0 Å². The third kappa shape index (κ3) is 3.10. The van der Waals surface area contributed by atoms with Gasteiger partial charge in [0.2, 0.25) is 0 Å². The van der Waals surface area contributed by atoms with Gasteiger partial charge in [0.05, 0.1) is 0 Å². The number of nitrogens with one attached hydrogen (secondary N) is 1. The number of hydrogen-bond acceptors (Lipinski definition) is 2. The summed E-state index contributed by atoms with van der Waals surface area (Å²) in [7, 11) is 0. The highest BCUT2D eigenvalue weighted by molar-refractivity contribution is 5.73. The van der Waals surface area contributed by atoms with Crippen molar-refractivity contribution in [1.29, 1.82) is 0 Å². The third-order valence-corrected chi connectivity index (χ3v) is 3.68. The molecule has 98 valence electrons. The van der Waals surface area contributed by atoms with Gasteiger partial charge in [-0.05, 0) is 36.3 Å². The second kappa shape index (κ2) is 5.53. The normalized spacial score (nSPS) is 23.9. The minimum atomic E-state index is -0.748. The van der Waals surface area contributed by atoms with Gasteiger partial charge in [0.25, 0.3) is 0 Å². The summed E-state index contributed by atoms with van der Waals surface area (Å²) in [6.45, 7) is 4.68.